The van der Waals surface area contributed by atoms with E-state index < -0.39 is 0 Å². The van der Waals surface area contributed by atoms with E-state index >= 15 is 0 Å². The van der Waals surface area contributed by atoms with E-state index in [9.17, 15) is 4.79 Å². The Bertz CT molecular complexity index is 1020. The van der Waals surface area contributed by atoms with Gasteiger partial charge in [0.2, 0.25) is 0 Å². The van der Waals surface area contributed by atoms with Gasteiger partial charge in [-0.05, 0) is 52.7 Å². The van der Waals surface area contributed by atoms with Crippen LogP contribution in [0.3, 0.4) is 0 Å². The first-order valence-corrected chi connectivity index (χ1v) is 10.9. The maximum atomic E-state index is 12.5. The molecule has 4 rings (SSSR count). The Morgan fingerprint density at radius 3 is 2.50 bits per heavy atom. The van der Waals surface area contributed by atoms with Crippen molar-refractivity contribution < 1.29 is 14.3 Å². The number of amides is 1. The minimum atomic E-state index is -0.0526. The molecule has 0 radical (unpaired) electrons. The maximum absolute atomic E-state index is 12.5. The summed E-state index contributed by atoms with van der Waals surface area (Å²) in [6, 6.07) is 20.3. The third-order valence-corrected chi connectivity index (χ3v) is 5.79. The molecule has 6 heteroatoms. The number of hydrogen-bond acceptors (Lipinski definition) is 4. The van der Waals surface area contributed by atoms with Gasteiger partial charge in [-0.15, -0.1) is 0 Å². The second kappa shape index (κ2) is 9.49. The summed E-state index contributed by atoms with van der Waals surface area (Å²) in [4.78, 5) is 16.5. The molecule has 1 aliphatic heterocycles. The fourth-order valence-electron chi connectivity index (χ4n) is 3.54. The van der Waals surface area contributed by atoms with Crippen molar-refractivity contribution in [3.05, 3.63) is 70.7 Å². The zero-order chi connectivity index (χ0) is 20.9. The molecule has 1 saturated heterocycles. The lowest BCUT2D eigenvalue weighted by Crippen LogP contribution is -2.36. The van der Waals surface area contributed by atoms with Crippen LogP contribution in [0.2, 0.25) is 0 Å². The quantitative estimate of drug-likeness (QED) is 0.534. The van der Waals surface area contributed by atoms with E-state index in [0.717, 1.165) is 47.1 Å². The van der Waals surface area contributed by atoms with E-state index in [-0.39, 0.29) is 12.5 Å². The molecular weight excluding hydrogens is 444 g/mol. The van der Waals surface area contributed by atoms with E-state index in [1.807, 2.05) is 30.3 Å². The second-order valence-electron chi connectivity index (χ2n) is 7.46. The van der Waals surface area contributed by atoms with Crippen molar-refractivity contribution in [3.63, 3.8) is 0 Å². The topological polar surface area (TPSA) is 42.0 Å². The van der Waals surface area contributed by atoms with E-state index in [0.29, 0.717) is 12.3 Å². The minimum absolute atomic E-state index is 0.0183. The molecule has 0 unspecified atom stereocenters. The molecule has 0 aromatic heterocycles. The van der Waals surface area contributed by atoms with Crippen LogP contribution in [0, 0.1) is 0 Å². The van der Waals surface area contributed by atoms with Gasteiger partial charge in [0.25, 0.3) is 5.91 Å². The summed E-state index contributed by atoms with van der Waals surface area (Å²) in [7, 11) is 1.81. The van der Waals surface area contributed by atoms with Gasteiger partial charge < -0.3 is 19.3 Å². The number of carbonyl (C=O) groups excluding carboxylic acids is 1. The van der Waals surface area contributed by atoms with E-state index in [1.165, 1.54) is 5.69 Å². The number of fused-ring (bicyclic) bond motifs is 1. The van der Waals surface area contributed by atoms with Crippen molar-refractivity contribution in [2.75, 3.05) is 44.9 Å². The van der Waals surface area contributed by atoms with Gasteiger partial charge in [-0.3, -0.25) is 4.79 Å². The predicted octanol–water partition coefficient (Wildman–Crippen LogP) is 4.48. The monoisotopic (exact) mass is 468 g/mol. The van der Waals surface area contributed by atoms with Crippen LogP contribution in [-0.4, -0.2) is 50.8 Å². The normalized spacial score (nSPS) is 14.0. The molecule has 0 atom stereocenters. The van der Waals surface area contributed by atoms with Crippen LogP contribution in [0.4, 0.5) is 5.69 Å². The van der Waals surface area contributed by atoms with Crippen molar-refractivity contribution in [2.24, 2.45) is 0 Å². The first-order chi connectivity index (χ1) is 14.6. The van der Waals surface area contributed by atoms with Crippen LogP contribution in [-0.2, 0) is 16.1 Å². The van der Waals surface area contributed by atoms with Crippen molar-refractivity contribution in [1.82, 2.24) is 4.90 Å². The molecule has 0 spiro atoms. The number of nitrogens with zero attached hydrogens (tertiary/aromatic N) is 2. The average molecular weight is 469 g/mol. The highest BCUT2D eigenvalue weighted by molar-refractivity contribution is 9.10. The predicted molar refractivity (Wildman–Crippen MR) is 123 cm³/mol. The summed E-state index contributed by atoms with van der Waals surface area (Å²) in [5.74, 6) is 0.643. The number of likely N-dealkylation sites (N-methyl/N-ethyl adjacent to an activating group) is 1. The van der Waals surface area contributed by atoms with E-state index in [1.54, 1.807) is 11.9 Å². The molecule has 3 aromatic carbocycles. The van der Waals surface area contributed by atoms with Gasteiger partial charge in [0.1, 0.15) is 5.75 Å². The molecule has 3 aromatic rings. The van der Waals surface area contributed by atoms with E-state index in [4.69, 9.17) is 9.47 Å². The van der Waals surface area contributed by atoms with Crippen molar-refractivity contribution in [2.45, 2.75) is 6.54 Å². The number of rotatable bonds is 6. The first-order valence-electron chi connectivity index (χ1n) is 10.1. The van der Waals surface area contributed by atoms with Crippen LogP contribution < -0.4 is 9.64 Å². The fraction of sp³-hybridized carbons (Fsp3) is 0.292. The molecule has 1 amide bonds. The molecule has 0 aliphatic carbocycles. The van der Waals surface area contributed by atoms with Crippen molar-refractivity contribution in [3.8, 4) is 5.75 Å². The number of anilines is 1. The Balaban J connectivity index is 1.30. The highest BCUT2D eigenvalue weighted by atomic mass is 79.9. The number of ether oxygens (including phenoxy) is 2. The van der Waals surface area contributed by atoms with Gasteiger partial charge in [-0.1, -0.05) is 40.2 Å². The third-order valence-electron chi connectivity index (χ3n) is 5.29. The highest BCUT2D eigenvalue weighted by Gasteiger charge is 2.13. The molecule has 0 bridgehead atoms. The molecule has 1 fully saturated rings. The summed E-state index contributed by atoms with van der Waals surface area (Å²) in [6.07, 6.45) is 0. The third kappa shape index (κ3) is 5.12. The lowest BCUT2D eigenvalue weighted by molar-refractivity contribution is -0.132. The molecule has 5 nitrogen and oxygen atoms in total. The van der Waals surface area contributed by atoms with Gasteiger partial charge in [-0.2, -0.15) is 0 Å². The van der Waals surface area contributed by atoms with Gasteiger partial charge in [0, 0.05) is 36.8 Å². The number of halogens is 1. The zero-order valence-electron chi connectivity index (χ0n) is 17.0. The molecule has 0 saturated carbocycles. The van der Waals surface area contributed by atoms with Crippen LogP contribution in [0.25, 0.3) is 10.8 Å². The Hall–Kier alpha value is -2.57. The molecule has 0 N–H and O–H groups in total. The minimum Gasteiger partial charge on any atom is -0.484 e. The Labute approximate surface area is 185 Å². The standard InChI is InChI=1S/C24H25BrN2O3/c1-26(16-18-2-7-22(8-3-18)27-10-12-29-13-11-27)24(28)17-30-23-9-5-19-14-21(25)6-4-20(19)15-23/h2-9,14-15H,10-13,16-17H2,1H3. The Morgan fingerprint density at radius 2 is 1.73 bits per heavy atom. The Kier molecular flexibility index (Phi) is 6.55. The molecule has 30 heavy (non-hydrogen) atoms. The second-order valence-corrected chi connectivity index (χ2v) is 8.37. The summed E-state index contributed by atoms with van der Waals surface area (Å²) < 4.78 is 12.2. The smallest absolute Gasteiger partial charge is 0.260 e. The molecule has 1 heterocycles. The average Bonchev–Trinajstić information content (AvgIpc) is 2.78. The molecular formula is C24H25BrN2O3. The van der Waals surface area contributed by atoms with Gasteiger partial charge in [-0.25, -0.2) is 0 Å². The number of morpholine rings is 1. The summed E-state index contributed by atoms with van der Waals surface area (Å²) in [6.45, 7) is 3.95. The highest BCUT2D eigenvalue weighted by Crippen LogP contribution is 2.24. The van der Waals surface area contributed by atoms with Gasteiger partial charge in [0.15, 0.2) is 6.61 Å². The van der Waals surface area contributed by atoms with Gasteiger partial charge >= 0.3 is 0 Å². The number of benzene rings is 3. The van der Waals surface area contributed by atoms with Crippen molar-refractivity contribution >= 4 is 38.3 Å². The Morgan fingerprint density at radius 1 is 1.03 bits per heavy atom. The van der Waals surface area contributed by atoms with Crippen LogP contribution in [0.1, 0.15) is 5.56 Å². The van der Waals surface area contributed by atoms with Crippen LogP contribution in [0.15, 0.2) is 65.1 Å². The van der Waals surface area contributed by atoms with Crippen LogP contribution in [0.5, 0.6) is 5.75 Å². The summed E-state index contributed by atoms with van der Waals surface area (Å²) in [5.41, 5.74) is 2.29. The lowest BCUT2D eigenvalue weighted by atomic mass is 10.1. The van der Waals surface area contributed by atoms with E-state index in [2.05, 4.69) is 51.2 Å². The van der Waals surface area contributed by atoms with Gasteiger partial charge in [0.05, 0.1) is 13.2 Å². The SMILES string of the molecule is CN(Cc1ccc(N2CCOCC2)cc1)C(=O)COc1ccc2cc(Br)ccc2c1. The molecule has 156 valence electrons. The number of hydrogen-bond donors (Lipinski definition) is 0. The molecule has 1 aliphatic rings. The fourth-order valence-corrected chi connectivity index (χ4v) is 3.91. The first kappa shape index (κ1) is 20.7. The lowest BCUT2D eigenvalue weighted by Gasteiger charge is -2.29. The summed E-state index contributed by atoms with van der Waals surface area (Å²) >= 11 is 3.48. The number of carbonyl (C=O) groups is 1. The zero-order valence-corrected chi connectivity index (χ0v) is 18.6. The van der Waals surface area contributed by atoms with Crippen LogP contribution >= 0.6 is 15.9 Å². The summed E-state index contributed by atoms with van der Waals surface area (Å²) in [5, 5.41) is 2.21. The van der Waals surface area contributed by atoms with Crippen molar-refractivity contribution in [1.29, 1.82) is 0 Å². The maximum Gasteiger partial charge on any atom is 0.260 e. The largest absolute Gasteiger partial charge is 0.484 e.